The number of rotatable bonds is 7. The van der Waals surface area contributed by atoms with Gasteiger partial charge >= 0.3 is 0 Å². The van der Waals surface area contributed by atoms with Crippen molar-refractivity contribution in [3.05, 3.63) is 29.8 Å². The molecule has 0 heterocycles. The molecular weight excluding hydrogens is 324 g/mol. The Morgan fingerprint density at radius 2 is 1.82 bits per heavy atom. The van der Waals surface area contributed by atoms with E-state index in [4.69, 9.17) is 5.73 Å². The molecule has 1 aromatic carbocycles. The molecule has 0 aromatic heterocycles. The molecule has 5 nitrogen and oxygen atoms in total. The molecule has 0 radical (unpaired) electrons. The van der Waals surface area contributed by atoms with Gasteiger partial charge in [0.1, 0.15) is 9.84 Å². The Bertz CT molecular complexity index is 583. The summed E-state index contributed by atoms with van der Waals surface area (Å²) in [5.41, 5.74) is 6.66. The molecule has 22 heavy (non-hydrogen) atoms. The van der Waals surface area contributed by atoms with Crippen LogP contribution in [0.25, 0.3) is 0 Å². The van der Waals surface area contributed by atoms with E-state index >= 15 is 0 Å². The number of amides is 1. The second kappa shape index (κ2) is 8.50. The number of nitrogens with two attached hydrogens (primary N) is 1. The highest BCUT2D eigenvalue weighted by Gasteiger charge is 2.26. The second-order valence-electron chi connectivity index (χ2n) is 5.70. The summed E-state index contributed by atoms with van der Waals surface area (Å²) in [6.45, 7) is 3.70. The molecule has 0 saturated heterocycles. The van der Waals surface area contributed by atoms with Gasteiger partial charge in [-0.1, -0.05) is 25.5 Å². The average molecular weight is 349 g/mol. The number of nitrogens with one attached hydrogen (secondary N) is 1. The molecule has 0 aliphatic rings. The van der Waals surface area contributed by atoms with Crippen LogP contribution in [0, 0.1) is 0 Å². The molecule has 1 rings (SSSR count). The third kappa shape index (κ3) is 7.24. The van der Waals surface area contributed by atoms with E-state index in [-0.39, 0.29) is 24.1 Å². The van der Waals surface area contributed by atoms with Crippen LogP contribution in [0.5, 0.6) is 0 Å². The molecule has 0 spiro atoms. The van der Waals surface area contributed by atoms with Gasteiger partial charge in [0.05, 0.1) is 11.3 Å². The van der Waals surface area contributed by atoms with Crippen LogP contribution in [0.3, 0.4) is 0 Å². The number of anilines is 1. The van der Waals surface area contributed by atoms with Gasteiger partial charge in [0.2, 0.25) is 5.91 Å². The summed E-state index contributed by atoms with van der Waals surface area (Å²) in [6.07, 6.45) is 3.14. The Labute approximate surface area is 139 Å². The zero-order chi connectivity index (χ0) is 16.1. The van der Waals surface area contributed by atoms with Crippen molar-refractivity contribution in [1.82, 2.24) is 0 Å². The first kappa shape index (κ1) is 20.9. The van der Waals surface area contributed by atoms with E-state index in [9.17, 15) is 13.2 Å². The SMILES string of the molecule is CCCC(C)(N)C(=O)Nc1ccc(CCS(C)(=O)=O)cc1.Cl. The van der Waals surface area contributed by atoms with Crippen LogP contribution >= 0.6 is 12.4 Å². The van der Waals surface area contributed by atoms with Gasteiger partial charge in [0.25, 0.3) is 0 Å². The summed E-state index contributed by atoms with van der Waals surface area (Å²) in [6, 6.07) is 7.15. The molecule has 126 valence electrons. The Hall–Kier alpha value is -1.11. The molecule has 1 aromatic rings. The first-order valence-corrected chi connectivity index (χ1v) is 9.07. The van der Waals surface area contributed by atoms with Crippen molar-refractivity contribution in [3.8, 4) is 0 Å². The topological polar surface area (TPSA) is 89.3 Å². The van der Waals surface area contributed by atoms with Gasteiger partial charge < -0.3 is 11.1 Å². The van der Waals surface area contributed by atoms with Crippen molar-refractivity contribution < 1.29 is 13.2 Å². The zero-order valence-electron chi connectivity index (χ0n) is 13.3. The van der Waals surface area contributed by atoms with Crippen LogP contribution in [0.2, 0.25) is 0 Å². The lowest BCUT2D eigenvalue weighted by Crippen LogP contribution is -2.48. The van der Waals surface area contributed by atoms with E-state index in [1.54, 1.807) is 19.1 Å². The normalized spacial score (nSPS) is 13.8. The minimum absolute atomic E-state index is 0. The Morgan fingerprint density at radius 1 is 1.27 bits per heavy atom. The maximum absolute atomic E-state index is 12.1. The fourth-order valence-corrected chi connectivity index (χ4v) is 2.57. The van der Waals surface area contributed by atoms with Gasteiger partial charge in [-0.3, -0.25) is 4.79 Å². The smallest absolute Gasteiger partial charge is 0.244 e. The lowest BCUT2D eigenvalue weighted by atomic mass is 9.96. The number of aryl methyl sites for hydroxylation is 1. The molecule has 3 N–H and O–H groups in total. The number of benzene rings is 1. The standard InChI is InChI=1S/C15H24N2O3S.ClH/c1-4-10-15(2,16)14(18)17-13-7-5-12(6-8-13)9-11-21(3,19)20;/h5-8H,4,9-11,16H2,1-3H3,(H,17,18);1H. The van der Waals surface area contributed by atoms with E-state index < -0.39 is 15.4 Å². The van der Waals surface area contributed by atoms with Crippen LogP contribution in [-0.2, 0) is 21.1 Å². The third-order valence-electron chi connectivity index (χ3n) is 3.26. The van der Waals surface area contributed by atoms with Crippen LogP contribution in [0.1, 0.15) is 32.3 Å². The predicted octanol–water partition coefficient (Wildman–Crippen LogP) is 2.15. The fraction of sp³-hybridized carbons (Fsp3) is 0.533. The number of carbonyl (C=O) groups excluding carboxylic acids is 1. The summed E-state index contributed by atoms with van der Waals surface area (Å²) in [4.78, 5) is 12.1. The molecule has 0 aliphatic heterocycles. The van der Waals surface area contributed by atoms with E-state index in [0.29, 0.717) is 18.5 Å². The van der Waals surface area contributed by atoms with Crippen molar-refractivity contribution in [2.45, 2.75) is 38.6 Å². The van der Waals surface area contributed by atoms with Crippen molar-refractivity contribution in [2.24, 2.45) is 5.73 Å². The van der Waals surface area contributed by atoms with Gasteiger partial charge in [0.15, 0.2) is 0 Å². The summed E-state index contributed by atoms with van der Waals surface area (Å²) in [5.74, 6) is -0.0935. The highest BCUT2D eigenvalue weighted by atomic mass is 35.5. The van der Waals surface area contributed by atoms with Crippen molar-refractivity contribution in [1.29, 1.82) is 0 Å². The largest absolute Gasteiger partial charge is 0.325 e. The van der Waals surface area contributed by atoms with Gasteiger partial charge in [-0.25, -0.2) is 8.42 Å². The van der Waals surface area contributed by atoms with E-state index in [1.165, 1.54) is 6.26 Å². The first-order valence-electron chi connectivity index (χ1n) is 7.01. The minimum Gasteiger partial charge on any atom is -0.325 e. The summed E-state index contributed by atoms with van der Waals surface area (Å²) in [5, 5.41) is 2.78. The van der Waals surface area contributed by atoms with Crippen LogP contribution in [-0.4, -0.2) is 31.9 Å². The van der Waals surface area contributed by atoms with Crippen molar-refractivity contribution >= 4 is 33.8 Å². The van der Waals surface area contributed by atoms with Crippen molar-refractivity contribution in [3.63, 3.8) is 0 Å². The van der Waals surface area contributed by atoms with Gasteiger partial charge in [-0.15, -0.1) is 12.4 Å². The summed E-state index contributed by atoms with van der Waals surface area (Å²) in [7, 11) is -2.96. The third-order valence-corrected chi connectivity index (χ3v) is 4.21. The molecular formula is C15H25ClN2O3S. The molecule has 1 amide bonds. The quantitative estimate of drug-likeness (QED) is 0.790. The highest BCUT2D eigenvalue weighted by molar-refractivity contribution is 7.90. The second-order valence-corrected chi connectivity index (χ2v) is 7.96. The molecule has 1 atom stereocenters. The monoisotopic (exact) mass is 348 g/mol. The van der Waals surface area contributed by atoms with Crippen LogP contribution in [0.15, 0.2) is 24.3 Å². The predicted molar refractivity (Wildman–Crippen MR) is 93.2 cm³/mol. The highest BCUT2D eigenvalue weighted by Crippen LogP contribution is 2.15. The number of sulfone groups is 1. The van der Waals surface area contributed by atoms with Crippen molar-refractivity contribution in [2.75, 3.05) is 17.3 Å². The Balaban J connectivity index is 0.00000441. The van der Waals surface area contributed by atoms with Crippen LogP contribution in [0.4, 0.5) is 5.69 Å². The summed E-state index contributed by atoms with van der Waals surface area (Å²) < 4.78 is 22.2. The lowest BCUT2D eigenvalue weighted by molar-refractivity contribution is -0.120. The number of hydrogen-bond acceptors (Lipinski definition) is 4. The number of hydrogen-bond donors (Lipinski definition) is 2. The maximum Gasteiger partial charge on any atom is 0.244 e. The van der Waals surface area contributed by atoms with E-state index in [1.807, 2.05) is 19.1 Å². The first-order chi connectivity index (χ1) is 9.64. The van der Waals surface area contributed by atoms with Gasteiger partial charge in [-0.2, -0.15) is 0 Å². The number of halogens is 1. The average Bonchev–Trinajstić information content (AvgIpc) is 2.37. The van der Waals surface area contributed by atoms with E-state index in [0.717, 1.165) is 12.0 Å². The maximum atomic E-state index is 12.1. The fourth-order valence-electron chi connectivity index (χ4n) is 1.96. The Kier molecular flexibility index (Phi) is 8.07. The minimum atomic E-state index is -2.96. The summed E-state index contributed by atoms with van der Waals surface area (Å²) >= 11 is 0. The molecule has 0 fully saturated rings. The zero-order valence-corrected chi connectivity index (χ0v) is 14.9. The van der Waals surface area contributed by atoms with Gasteiger partial charge in [-0.05, 0) is 37.5 Å². The van der Waals surface area contributed by atoms with E-state index in [2.05, 4.69) is 5.32 Å². The molecule has 0 saturated carbocycles. The van der Waals surface area contributed by atoms with Crippen LogP contribution < -0.4 is 11.1 Å². The number of carbonyl (C=O) groups is 1. The molecule has 1 unspecified atom stereocenters. The lowest BCUT2D eigenvalue weighted by Gasteiger charge is -2.22. The Morgan fingerprint density at radius 3 is 2.27 bits per heavy atom. The molecule has 0 aliphatic carbocycles. The molecule has 7 heteroatoms. The van der Waals surface area contributed by atoms with Gasteiger partial charge in [0, 0.05) is 11.9 Å². The molecule has 0 bridgehead atoms.